The van der Waals surface area contributed by atoms with E-state index < -0.39 is 5.92 Å². The molecule has 6 rings (SSSR count). The molecule has 0 N–H and O–H groups in total. The number of ether oxygens (including phenoxy) is 2. The lowest BCUT2D eigenvalue weighted by molar-refractivity contribution is -0.136. The number of carbonyl (C=O) groups is 2. The third-order valence-corrected chi connectivity index (χ3v) is 8.74. The Morgan fingerprint density at radius 3 is 2.25 bits per heavy atom. The number of benzene rings is 3. The van der Waals surface area contributed by atoms with E-state index in [9.17, 15) is 9.59 Å². The number of rotatable bonds is 7. The zero-order valence-electron chi connectivity index (χ0n) is 23.5. The lowest BCUT2D eigenvalue weighted by Crippen LogP contribution is -2.51. The van der Waals surface area contributed by atoms with Crippen LogP contribution in [0.25, 0.3) is 0 Å². The number of hydrogen-bond acceptors (Lipinski definition) is 4. The molecule has 3 aromatic carbocycles. The smallest absolute Gasteiger partial charge is 0.254 e. The van der Waals surface area contributed by atoms with Crippen LogP contribution in [-0.4, -0.2) is 54.5 Å². The minimum Gasteiger partial charge on any atom is -0.490 e. The highest BCUT2D eigenvalue weighted by molar-refractivity contribution is 6.01. The Hall–Kier alpha value is -3.80. The van der Waals surface area contributed by atoms with Crippen molar-refractivity contribution in [3.05, 3.63) is 94.5 Å². The number of likely N-dealkylation sites (tertiary alicyclic amines) is 1. The number of fused-ring (bicyclic) bond motifs is 4. The molecule has 3 aromatic rings. The molecule has 2 amide bonds. The zero-order chi connectivity index (χ0) is 27.6. The van der Waals surface area contributed by atoms with Gasteiger partial charge in [0.2, 0.25) is 5.91 Å². The summed E-state index contributed by atoms with van der Waals surface area (Å²) >= 11 is 0. The van der Waals surface area contributed by atoms with Crippen molar-refractivity contribution in [3.8, 4) is 11.5 Å². The summed E-state index contributed by atoms with van der Waals surface area (Å²) in [6.07, 6.45) is 3.75. The molecule has 0 saturated carbocycles. The van der Waals surface area contributed by atoms with Gasteiger partial charge in [-0.05, 0) is 85.9 Å². The Labute approximate surface area is 236 Å². The predicted octanol–water partition coefficient (Wildman–Crippen LogP) is 5.80. The molecular formula is C34H38N2O4. The van der Waals surface area contributed by atoms with Gasteiger partial charge in [-0.15, -0.1) is 0 Å². The molecule has 3 aliphatic heterocycles. The topological polar surface area (TPSA) is 59.1 Å². The summed E-state index contributed by atoms with van der Waals surface area (Å²) < 4.78 is 11.9. The molecule has 3 heterocycles. The molecule has 0 spiro atoms. The van der Waals surface area contributed by atoms with E-state index in [1.807, 2.05) is 54.0 Å². The lowest BCUT2D eigenvalue weighted by atomic mass is 9.75. The molecule has 40 heavy (non-hydrogen) atoms. The first kappa shape index (κ1) is 26.4. The van der Waals surface area contributed by atoms with E-state index in [2.05, 4.69) is 36.4 Å². The Bertz CT molecular complexity index is 1380. The fraction of sp³-hybridized carbons (Fsp3) is 0.412. The summed E-state index contributed by atoms with van der Waals surface area (Å²) in [5.74, 6) is 1.64. The van der Waals surface area contributed by atoms with Crippen LogP contribution in [0, 0.1) is 5.92 Å². The normalized spacial score (nSPS) is 20.4. The minimum absolute atomic E-state index is 0.00344. The van der Waals surface area contributed by atoms with Crippen molar-refractivity contribution in [2.45, 2.75) is 51.5 Å². The van der Waals surface area contributed by atoms with Gasteiger partial charge in [0.25, 0.3) is 5.91 Å². The summed E-state index contributed by atoms with van der Waals surface area (Å²) in [4.78, 5) is 32.2. The highest BCUT2D eigenvalue weighted by Crippen LogP contribution is 2.49. The van der Waals surface area contributed by atoms with Crippen molar-refractivity contribution in [3.63, 3.8) is 0 Å². The van der Waals surface area contributed by atoms with Crippen molar-refractivity contribution in [2.75, 3.05) is 32.8 Å². The van der Waals surface area contributed by atoms with Crippen LogP contribution in [0.1, 0.15) is 71.3 Å². The molecule has 3 aliphatic rings. The van der Waals surface area contributed by atoms with Gasteiger partial charge in [0.1, 0.15) is 0 Å². The van der Waals surface area contributed by atoms with Gasteiger partial charge in [-0.3, -0.25) is 9.59 Å². The minimum atomic E-state index is -0.453. The van der Waals surface area contributed by atoms with Crippen LogP contribution >= 0.6 is 0 Å². The fourth-order valence-corrected chi connectivity index (χ4v) is 6.84. The average molecular weight is 539 g/mol. The number of amides is 2. The highest BCUT2D eigenvalue weighted by Gasteiger charge is 2.48. The second-order valence-electron chi connectivity index (χ2n) is 11.1. The quantitative estimate of drug-likeness (QED) is 0.381. The second kappa shape index (κ2) is 11.4. The van der Waals surface area contributed by atoms with Crippen LogP contribution in [0.2, 0.25) is 0 Å². The van der Waals surface area contributed by atoms with Crippen LogP contribution in [-0.2, 0) is 17.6 Å². The predicted molar refractivity (Wildman–Crippen MR) is 155 cm³/mol. The van der Waals surface area contributed by atoms with Crippen LogP contribution in [0.15, 0.2) is 66.7 Å². The number of nitrogens with zero attached hydrogens (tertiary/aromatic N) is 2. The largest absolute Gasteiger partial charge is 0.490 e. The van der Waals surface area contributed by atoms with Crippen LogP contribution < -0.4 is 9.47 Å². The Kier molecular flexibility index (Phi) is 7.50. The number of carbonyl (C=O) groups excluding carboxylic acids is 2. The summed E-state index contributed by atoms with van der Waals surface area (Å²) in [5, 5.41) is 0. The van der Waals surface area contributed by atoms with Gasteiger partial charge >= 0.3 is 0 Å². The van der Waals surface area contributed by atoms with Crippen molar-refractivity contribution < 1.29 is 19.1 Å². The SMILES string of the molecule is CCOc1cc2c(cc1OCC)[C@@H]1[C@@H](C(=O)N3CCC(Cc4ccccc4)CC3)c3ccccc3C(=O)N1CC2. The van der Waals surface area contributed by atoms with Crippen LogP contribution in [0.4, 0.5) is 0 Å². The van der Waals surface area contributed by atoms with Crippen molar-refractivity contribution in [1.82, 2.24) is 9.80 Å². The van der Waals surface area contributed by atoms with Crippen LogP contribution in [0.5, 0.6) is 11.5 Å². The summed E-state index contributed by atoms with van der Waals surface area (Å²) in [7, 11) is 0. The first-order valence-electron chi connectivity index (χ1n) is 14.7. The third-order valence-electron chi connectivity index (χ3n) is 8.74. The van der Waals surface area contributed by atoms with Gasteiger partial charge in [0.05, 0.1) is 25.2 Å². The van der Waals surface area contributed by atoms with Gasteiger partial charge in [0.15, 0.2) is 11.5 Å². The standard InChI is InChI=1S/C34H38N2O4/c1-3-39-29-21-25-16-19-36-32(28(25)22-30(29)40-4-2)31(26-12-8-9-13-27(26)33(36)37)34(38)35-17-14-24(15-18-35)20-23-10-6-5-7-11-23/h5-13,21-22,24,31-32H,3-4,14-20H2,1-2H3/t31-,32+/m0/s1. The molecule has 6 heteroatoms. The average Bonchev–Trinajstić information content (AvgIpc) is 2.98. The van der Waals surface area contributed by atoms with E-state index in [1.54, 1.807) is 0 Å². The molecule has 6 nitrogen and oxygen atoms in total. The summed E-state index contributed by atoms with van der Waals surface area (Å²) in [6, 6.07) is 22.0. The maximum absolute atomic E-state index is 14.5. The van der Waals surface area contributed by atoms with Crippen molar-refractivity contribution >= 4 is 11.8 Å². The van der Waals surface area contributed by atoms with E-state index in [0.29, 0.717) is 37.0 Å². The molecule has 1 saturated heterocycles. The zero-order valence-corrected chi connectivity index (χ0v) is 23.5. The lowest BCUT2D eigenvalue weighted by Gasteiger charge is -2.47. The summed E-state index contributed by atoms with van der Waals surface area (Å²) in [5.41, 5.74) is 4.97. The molecule has 0 bridgehead atoms. The Morgan fingerprint density at radius 2 is 1.52 bits per heavy atom. The molecule has 2 atom stereocenters. The number of hydrogen-bond donors (Lipinski definition) is 0. The van der Waals surface area contributed by atoms with E-state index in [4.69, 9.17) is 9.47 Å². The van der Waals surface area contributed by atoms with Gasteiger partial charge in [-0.1, -0.05) is 48.5 Å². The van der Waals surface area contributed by atoms with E-state index in [-0.39, 0.29) is 17.9 Å². The van der Waals surface area contributed by atoms with Gasteiger partial charge in [-0.25, -0.2) is 0 Å². The van der Waals surface area contributed by atoms with E-state index in [1.165, 1.54) is 5.56 Å². The Morgan fingerprint density at radius 1 is 0.850 bits per heavy atom. The van der Waals surface area contributed by atoms with Crippen LogP contribution in [0.3, 0.4) is 0 Å². The molecule has 208 valence electrons. The maximum Gasteiger partial charge on any atom is 0.254 e. The van der Waals surface area contributed by atoms with Crippen molar-refractivity contribution in [1.29, 1.82) is 0 Å². The van der Waals surface area contributed by atoms with Gasteiger partial charge in [-0.2, -0.15) is 0 Å². The molecule has 0 radical (unpaired) electrons. The third kappa shape index (κ3) is 4.85. The molecular weight excluding hydrogens is 500 g/mol. The molecule has 0 unspecified atom stereocenters. The first-order valence-corrected chi connectivity index (χ1v) is 14.7. The van der Waals surface area contributed by atoms with Crippen molar-refractivity contribution in [2.24, 2.45) is 5.92 Å². The van der Waals surface area contributed by atoms with E-state index in [0.717, 1.165) is 61.2 Å². The van der Waals surface area contributed by atoms with Gasteiger partial charge < -0.3 is 19.3 Å². The second-order valence-corrected chi connectivity index (χ2v) is 11.1. The fourth-order valence-electron chi connectivity index (χ4n) is 6.84. The summed E-state index contributed by atoms with van der Waals surface area (Å²) in [6.45, 7) is 7.04. The first-order chi connectivity index (χ1) is 19.6. The highest BCUT2D eigenvalue weighted by atomic mass is 16.5. The number of piperidine rings is 1. The maximum atomic E-state index is 14.5. The molecule has 1 fully saturated rings. The van der Waals surface area contributed by atoms with Gasteiger partial charge in [0, 0.05) is 25.2 Å². The Balaban J connectivity index is 1.33. The molecule has 0 aliphatic carbocycles. The monoisotopic (exact) mass is 538 g/mol. The molecule has 0 aromatic heterocycles. The van der Waals surface area contributed by atoms with E-state index >= 15 is 0 Å².